The van der Waals surface area contributed by atoms with Gasteiger partial charge in [-0.05, 0) is 83.5 Å². The molecule has 3 N–H and O–H groups in total. The molecule has 0 bridgehead atoms. The van der Waals surface area contributed by atoms with E-state index in [0.717, 1.165) is 64.2 Å². The summed E-state index contributed by atoms with van der Waals surface area (Å²) in [7, 11) is 0. The summed E-state index contributed by atoms with van der Waals surface area (Å²) in [4.78, 5) is 24.5. The Morgan fingerprint density at radius 3 is 1.13 bits per heavy atom. The van der Waals surface area contributed by atoms with Crippen LogP contribution in [0, 0.1) is 0 Å². The lowest BCUT2D eigenvalue weighted by molar-refractivity contribution is -0.143. The van der Waals surface area contributed by atoms with Gasteiger partial charge in [0.1, 0.15) is 0 Å². The lowest BCUT2D eigenvalue weighted by Gasteiger charge is -2.20. The van der Waals surface area contributed by atoms with Gasteiger partial charge < -0.3 is 20.3 Å². The third-order valence-corrected chi connectivity index (χ3v) is 12.6. The van der Waals surface area contributed by atoms with Crippen LogP contribution in [-0.4, -0.2) is 47.4 Å². The molecule has 6 nitrogen and oxygen atoms in total. The van der Waals surface area contributed by atoms with Crippen LogP contribution < -0.4 is 5.32 Å². The van der Waals surface area contributed by atoms with Crippen LogP contribution in [0.15, 0.2) is 36.5 Å². The Bertz CT molecular complexity index is 1020. The number of aliphatic hydroxyl groups is 2. The molecule has 0 aromatic rings. The van der Waals surface area contributed by atoms with Crippen molar-refractivity contribution < 1.29 is 24.5 Å². The first-order valence-corrected chi connectivity index (χ1v) is 27.8. The molecule has 2 atom stereocenters. The Labute approximate surface area is 392 Å². The maximum Gasteiger partial charge on any atom is 0.305 e. The van der Waals surface area contributed by atoms with E-state index in [1.807, 2.05) is 6.08 Å². The van der Waals surface area contributed by atoms with Crippen LogP contribution >= 0.6 is 0 Å². The molecule has 1 amide bonds. The van der Waals surface area contributed by atoms with Gasteiger partial charge in [-0.15, -0.1) is 0 Å². The van der Waals surface area contributed by atoms with E-state index >= 15 is 0 Å². The highest BCUT2D eigenvalue weighted by molar-refractivity contribution is 5.76. The van der Waals surface area contributed by atoms with E-state index in [9.17, 15) is 19.8 Å². The molecule has 0 aliphatic heterocycles. The quantitative estimate of drug-likeness (QED) is 0.0321. The molecule has 63 heavy (non-hydrogen) atoms. The normalized spacial score (nSPS) is 12.9. The first kappa shape index (κ1) is 61.1. The summed E-state index contributed by atoms with van der Waals surface area (Å²) in [5.74, 6) is -0.0896. The molecule has 0 radical (unpaired) electrons. The second-order valence-corrected chi connectivity index (χ2v) is 18.9. The lowest BCUT2D eigenvalue weighted by Crippen LogP contribution is -2.45. The SMILES string of the molecule is CCCCCCC/C=C\CCCCCCCC(=O)OCCCCCCCCCCC/C=C\CCCCCCCC(=O)NC(CO)C(O)/C=C/CCCCCCCCCCCCCC. The van der Waals surface area contributed by atoms with Crippen LogP contribution in [0.3, 0.4) is 0 Å². The first-order chi connectivity index (χ1) is 31.0. The highest BCUT2D eigenvalue weighted by Gasteiger charge is 2.18. The standard InChI is InChI=1S/C57H107NO5/c1-3-5-7-9-11-13-15-17-25-29-33-37-41-45-49-55(60)54(53-59)58-56(61)50-46-42-38-34-30-26-23-21-19-20-22-24-28-32-36-40-44-48-52-63-57(62)51-47-43-39-35-31-27-18-16-14-12-10-8-6-4-2/h16,18,21,23,45,49,54-55,59-60H,3-15,17,19-20,22,24-44,46-48,50-53H2,1-2H3,(H,58,61)/b18-16-,23-21-,49-45+. The maximum atomic E-state index is 12.4. The third kappa shape index (κ3) is 49.4. The summed E-state index contributed by atoms with van der Waals surface area (Å²) >= 11 is 0. The van der Waals surface area contributed by atoms with Gasteiger partial charge in [-0.2, -0.15) is 0 Å². The molecule has 0 fully saturated rings. The zero-order valence-corrected chi connectivity index (χ0v) is 42.1. The summed E-state index contributed by atoms with van der Waals surface area (Å²) in [6, 6.07) is -0.638. The maximum absolute atomic E-state index is 12.4. The van der Waals surface area contributed by atoms with Gasteiger partial charge in [-0.1, -0.05) is 230 Å². The molecule has 0 spiro atoms. The average molecular weight is 886 g/mol. The van der Waals surface area contributed by atoms with Gasteiger partial charge in [0, 0.05) is 12.8 Å². The second kappa shape index (κ2) is 52.7. The molecule has 2 unspecified atom stereocenters. The number of nitrogens with one attached hydrogen (secondary N) is 1. The minimum absolute atomic E-state index is 0.00685. The van der Waals surface area contributed by atoms with Crippen LogP contribution in [0.4, 0.5) is 0 Å². The monoisotopic (exact) mass is 886 g/mol. The highest BCUT2D eigenvalue weighted by Crippen LogP contribution is 2.15. The molecule has 370 valence electrons. The van der Waals surface area contributed by atoms with Gasteiger partial charge in [-0.3, -0.25) is 9.59 Å². The molecular formula is C57H107NO5. The number of allylic oxidation sites excluding steroid dienone is 5. The molecule has 0 aliphatic carbocycles. The molecular weight excluding hydrogens is 779 g/mol. The number of hydrogen-bond donors (Lipinski definition) is 3. The van der Waals surface area contributed by atoms with Crippen molar-refractivity contribution in [2.75, 3.05) is 13.2 Å². The summed E-state index contributed by atoms with van der Waals surface area (Å²) in [5, 5.41) is 23.1. The van der Waals surface area contributed by atoms with Gasteiger partial charge >= 0.3 is 5.97 Å². The van der Waals surface area contributed by atoms with Crippen LogP contribution in [0.5, 0.6) is 0 Å². The van der Waals surface area contributed by atoms with Crippen molar-refractivity contribution in [1.29, 1.82) is 0 Å². The van der Waals surface area contributed by atoms with E-state index in [0.29, 0.717) is 19.4 Å². The Kier molecular flexibility index (Phi) is 51.1. The van der Waals surface area contributed by atoms with Crippen molar-refractivity contribution in [2.45, 2.75) is 302 Å². The number of ether oxygens (including phenoxy) is 1. The minimum Gasteiger partial charge on any atom is -0.466 e. The third-order valence-electron chi connectivity index (χ3n) is 12.6. The predicted octanol–water partition coefficient (Wildman–Crippen LogP) is 16.9. The van der Waals surface area contributed by atoms with E-state index in [1.165, 1.54) is 199 Å². The van der Waals surface area contributed by atoms with Crippen LogP contribution in [-0.2, 0) is 14.3 Å². The minimum atomic E-state index is -0.853. The zero-order valence-electron chi connectivity index (χ0n) is 42.1. The Balaban J connectivity index is 3.48. The molecule has 0 aliphatic rings. The van der Waals surface area contributed by atoms with Crippen molar-refractivity contribution >= 4 is 11.9 Å². The molecule has 0 aromatic heterocycles. The van der Waals surface area contributed by atoms with Crippen molar-refractivity contribution in [2.24, 2.45) is 0 Å². The highest BCUT2D eigenvalue weighted by atomic mass is 16.5. The molecule has 0 saturated carbocycles. The number of amides is 1. The number of hydrogen-bond acceptors (Lipinski definition) is 5. The number of unbranched alkanes of at least 4 members (excludes halogenated alkanes) is 36. The smallest absolute Gasteiger partial charge is 0.305 e. The van der Waals surface area contributed by atoms with Crippen LogP contribution in [0.25, 0.3) is 0 Å². The predicted molar refractivity (Wildman–Crippen MR) is 273 cm³/mol. The fourth-order valence-corrected chi connectivity index (χ4v) is 8.33. The molecule has 6 heteroatoms. The number of rotatable bonds is 51. The van der Waals surface area contributed by atoms with Gasteiger partial charge in [-0.25, -0.2) is 0 Å². The van der Waals surface area contributed by atoms with Gasteiger partial charge in [0.2, 0.25) is 5.91 Å². The Hall–Kier alpha value is -1.92. The number of carbonyl (C=O) groups excluding carboxylic acids is 2. The number of carbonyl (C=O) groups is 2. The fraction of sp³-hybridized carbons (Fsp3) is 0.860. The lowest BCUT2D eigenvalue weighted by atomic mass is 10.0. The zero-order chi connectivity index (χ0) is 45.8. The van der Waals surface area contributed by atoms with E-state index in [2.05, 4.69) is 43.5 Å². The topological polar surface area (TPSA) is 95.9 Å². The Morgan fingerprint density at radius 2 is 0.746 bits per heavy atom. The van der Waals surface area contributed by atoms with Crippen molar-refractivity contribution in [1.82, 2.24) is 5.32 Å². The van der Waals surface area contributed by atoms with E-state index < -0.39 is 12.1 Å². The number of esters is 1. The molecule has 0 aromatic carbocycles. The fourth-order valence-electron chi connectivity index (χ4n) is 8.33. The van der Waals surface area contributed by atoms with E-state index in [4.69, 9.17) is 4.74 Å². The summed E-state index contributed by atoms with van der Waals surface area (Å²) in [5.41, 5.74) is 0. The summed E-state index contributed by atoms with van der Waals surface area (Å²) in [6.07, 6.45) is 64.4. The van der Waals surface area contributed by atoms with Crippen molar-refractivity contribution in [3.63, 3.8) is 0 Å². The molecule has 0 saturated heterocycles. The van der Waals surface area contributed by atoms with Gasteiger partial charge in [0.25, 0.3) is 0 Å². The summed E-state index contributed by atoms with van der Waals surface area (Å²) < 4.78 is 5.46. The largest absolute Gasteiger partial charge is 0.466 e. The van der Waals surface area contributed by atoms with Crippen molar-refractivity contribution in [3.8, 4) is 0 Å². The summed E-state index contributed by atoms with van der Waals surface area (Å²) in [6.45, 7) is 4.87. The van der Waals surface area contributed by atoms with E-state index in [1.54, 1.807) is 6.08 Å². The van der Waals surface area contributed by atoms with E-state index in [-0.39, 0.29) is 18.5 Å². The number of aliphatic hydroxyl groups excluding tert-OH is 2. The molecule has 0 rings (SSSR count). The van der Waals surface area contributed by atoms with Crippen LogP contribution in [0.1, 0.15) is 290 Å². The van der Waals surface area contributed by atoms with Gasteiger partial charge in [0.15, 0.2) is 0 Å². The first-order valence-electron chi connectivity index (χ1n) is 27.8. The Morgan fingerprint density at radius 1 is 0.429 bits per heavy atom. The van der Waals surface area contributed by atoms with Crippen LogP contribution in [0.2, 0.25) is 0 Å². The van der Waals surface area contributed by atoms with Gasteiger partial charge in [0.05, 0.1) is 25.4 Å². The molecule has 0 heterocycles. The average Bonchev–Trinajstić information content (AvgIpc) is 3.28. The second-order valence-electron chi connectivity index (χ2n) is 18.9. The van der Waals surface area contributed by atoms with Crippen molar-refractivity contribution in [3.05, 3.63) is 36.5 Å².